The topological polar surface area (TPSA) is 49.4 Å². The molecular formula is C13H17F3N2O2S. The van der Waals surface area contributed by atoms with Gasteiger partial charge in [-0.25, -0.2) is 8.42 Å². The molecule has 8 heteroatoms. The Balaban J connectivity index is 2.17. The van der Waals surface area contributed by atoms with E-state index in [1.165, 1.54) is 28.6 Å². The van der Waals surface area contributed by atoms with Crippen LogP contribution in [0.2, 0.25) is 0 Å². The highest BCUT2D eigenvalue weighted by Crippen LogP contribution is 2.23. The Bertz CT molecular complexity index is 584. The van der Waals surface area contributed by atoms with Crippen LogP contribution in [-0.2, 0) is 16.4 Å². The van der Waals surface area contributed by atoms with Crippen LogP contribution in [0, 0.1) is 0 Å². The Kier molecular flexibility index (Phi) is 4.60. The minimum Gasteiger partial charge on any atom is -0.312 e. The molecule has 21 heavy (non-hydrogen) atoms. The van der Waals surface area contributed by atoms with Crippen molar-refractivity contribution in [3.05, 3.63) is 29.8 Å². The SMILES string of the molecule is CC1CN(S(=O)(=O)c2ccc(CC(F)(F)F)cc2)CCN1. The summed E-state index contributed by atoms with van der Waals surface area (Å²) in [7, 11) is -3.64. The summed E-state index contributed by atoms with van der Waals surface area (Å²) in [6, 6.07) is 4.96. The third kappa shape index (κ3) is 4.18. The van der Waals surface area contributed by atoms with Gasteiger partial charge in [-0.1, -0.05) is 12.1 Å². The fraction of sp³-hybridized carbons (Fsp3) is 0.538. The molecule has 0 aromatic heterocycles. The van der Waals surface area contributed by atoms with Crippen molar-refractivity contribution in [3.63, 3.8) is 0 Å². The average Bonchev–Trinajstić information content (AvgIpc) is 2.37. The highest BCUT2D eigenvalue weighted by molar-refractivity contribution is 7.89. The monoisotopic (exact) mass is 322 g/mol. The Labute approximate surface area is 122 Å². The summed E-state index contributed by atoms with van der Waals surface area (Å²) in [5, 5.41) is 3.14. The number of alkyl halides is 3. The highest BCUT2D eigenvalue weighted by atomic mass is 32.2. The van der Waals surface area contributed by atoms with Crippen LogP contribution in [0.4, 0.5) is 13.2 Å². The fourth-order valence-electron chi connectivity index (χ4n) is 2.28. The zero-order valence-corrected chi connectivity index (χ0v) is 12.3. The van der Waals surface area contributed by atoms with E-state index >= 15 is 0 Å². The zero-order valence-electron chi connectivity index (χ0n) is 11.5. The third-order valence-electron chi connectivity index (χ3n) is 3.30. The lowest BCUT2D eigenvalue weighted by Gasteiger charge is -2.31. The number of piperazine rings is 1. The maximum absolute atomic E-state index is 12.4. The van der Waals surface area contributed by atoms with Crippen LogP contribution in [0.25, 0.3) is 0 Å². The Morgan fingerprint density at radius 2 is 1.90 bits per heavy atom. The average molecular weight is 322 g/mol. The first-order valence-corrected chi connectivity index (χ1v) is 8.02. The number of sulfonamides is 1. The predicted octanol–water partition coefficient (Wildman–Crippen LogP) is 1.77. The van der Waals surface area contributed by atoms with Crippen LogP contribution < -0.4 is 5.32 Å². The predicted molar refractivity (Wildman–Crippen MR) is 72.4 cm³/mol. The van der Waals surface area contributed by atoms with E-state index in [4.69, 9.17) is 0 Å². The second-order valence-electron chi connectivity index (χ2n) is 5.15. The van der Waals surface area contributed by atoms with Crippen molar-refractivity contribution in [1.29, 1.82) is 0 Å². The van der Waals surface area contributed by atoms with E-state index in [0.29, 0.717) is 19.6 Å². The molecule has 0 bridgehead atoms. The molecule has 1 aliphatic rings. The fourth-order valence-corrected chi connectivity index (χ4v) is 3.80. The molecule has 1 aromatic rings. The Morgan fingerprint density at radius 1 is 1.29 bits per heavy atom. The molecule has 1 aromatic carbocycles. The summed E-state index contributed by atoms with van der Waals surface area (Å²) >= 11 is 0. The van der Waals surface area contributed by atoms with Gasteiger partial charge >= 0.3 is 6.18 Å². The van der Waals surface area contributed by atoms with Crippen LogP contribution in [0.5, 0.6) is 0 Å². The van der Waals surface area contributed by atoms with Crippen molar-refractivity contribution >= 4 is 10.0 Å². The lowest BCUT2D eigenvalue weighted by atomic mass is 10.1. The van der Waals surface area contributed by atoms with Gasteiger partial charge in [0.05, 0.1) is 11.3 Å². The second-order valence-corrected chi connectivity index (χ2v) is 7.09. The number of benzene rings is 1. The van der Waals surface area contributed by atoms with Gasteiger partial charge in [0, 0.05) is 25.7 Å². The Morgan fingerprint density at radius 3 is 2.43 bits per heavy atom. The zero-order chi connectivity index (χ0) is 15.7. The van der Waals surface area contributed by atoms with Gasteiger partial charge in [-0.05, 0) is 24.6 Å². The normalized spacial score (nSPS) is 21.4. The van der Waals surface area contributed by atoms with Crippen LogP contribution in [0.3, 0.4) is 0 Å². The van der Waals surface area contributed by atoms with Gasteiger partial charge < -0.3 is 5.32 Å². The molecule has 1 heterocycles. The maximum Gasteiger partial charge on any atom is 0.393 e. The van der Waals surface area contributed by atoms with E-state index in [1.807, 2.05) is 6.92 Å². The molecule has 1 saturated heterocycles. The standard InChI is InChI=1S/C13H17F3N2O2S/c1-10-9-18(7-6-17-10)21(19,20)12-4-2-11(3-5-12)8-13(14,15)16/h2-5,10,17H,6-9H2,1H3. The van der Waals surface area contributed by atoms with Gasteiger partial charge in [0.25, 0.3) is 0 Å². The highest BCUT2D eigenvalue weighted by Gasteiger charge is 2.30. The number of hydrogen-bond donors (Lipinski definition) is 1. The summed E-state index contributed by atoms with van der Waals surface area (Å²) < 4.78 is 63.0. The third-order valence-corrected chi connectivity index (χ3v) is 5.18. The summed E-state index contributed by atoms with van der Waals surface area (Å²) in [5.41, 5.74) is 0.0510. The van der Waals surface area contributed by atoms with Gasteiger partial charge in [-0.2, -0.15) is 17.5 Å². The van der Waals surface area contributed by atoms with Crippen LogP contribution in [0.1, 0.15) is 12.5 Å². The molecule has 2 rings (SSSR count). The number of hydrogen-bond acceptors (Lipinski definition) is 3. The minimum atomic E-state index is -4.30. The molecule has 0 amide bonds. The van der Waals surface area contributed by atoms with Crippen LogP contribution in [-0.4, -0.2) is 44.6 Å². The van der Waals surface area contributed by atoms with E-state index in [2.05, 4.69) is 5.32 Å². The van der Waals surface area contributed by atoms with E-state index in [0.717, 1.165) is 0 Å². The minimum absolute atomic E-state index is 0.0301. The number of rotatable bonds is 3. The molecule has 1 N–H and O–H groups in total. The van der Waals surface area contributed by atoms with E-state index in [-0.39, 0.29) is 16.5 Å². The lowest BCUT2D eigenvalue weighted by molar-refractivity contribution is -0.127. The lowest BCUT2D eigenvalue weighted by Crippen LogP contribution is -2.51. The largest absolute Gasteiger partial charge is 0.393 e. The van der Waals surface area contributed by atoms with Gasteiger partial charge in [-0.3, -0.25) is 0 Å². The van der Waals surface area contributed by atoms with Gasteiger partial charge in [-0.15, -0.1) is 0 Å². The van der Waals surface area contributed by atoms with Crippen LogP contribution >= 0.6 is 0 Å². The number of halogens is 3. The van der Waals surface area contributed by atoms with Crippen molar-refractivity contribution < 1.29 is 21.6 Å². The molecule has 118 valence electrons. The smallest absolute Gasteiger partial charge is 0.312 e. The first kappa shape index (κ1) is 16.3. The first-order valence-electron chi connectivity index (χ1n) is 6.58. The summed E-state index contributed by atoms with van der Waals surface area (Å²) in [5.74, 6) is 0. The first-order chi connectivity index (χ1) is 9.68. The summed E-state index contributed by atoms with van der Waals surface area (Å²) in [6.07, 6.45) is -5.35. The number of nitrogens with one attached hydrogen (secondary N) is 1. The van der Waals surface area contributed by atoms with E-state index < -0.39 is 22.6 Å². The van der Waals surface area contributed by atoms with Gasteiger partial charge in [0.15, 0.2) is 0 Å². The quantitative estimate of drug-likeness (QED) is 0.923. The van der Waals surface area contributed by atoms with Crippen molar-refractivity contribution in [1.82, 2.24) is 9.62 Å². The molecule has 0 saturated carbocycles. The van der Waals surface area contributed by atoms with Crippen molar-refractivity contribution in [2.45, 2.75) is 30.5 Å². The van der Waals surface area contributed by atoms with Crippen molar-refractivity contribution in [3.8, 4) is 0 Å². The molecule has 1 fully saturated rings. The Hall–Kier alpha value is -1.12. The number of nitrogens with zero attached hydrogens (tertiary/aromatic N) is 1. The molecule has 0 radical (unpaired) electrons. The maximum atomic E-state index is 12.4. The summed E-state index contributed by atoms with van der Waals surface area (Å²) in [6.45, 7) is 3.16. The van der Waals surface area contributed by atoms with Crippen molar-refractivity contribution in [2.75, 3.05) is 19.6 Å². The molecule has 1 unspecified atom stereocenters. The van der Waals surface area contributed by atoms with Crippen LogP contribution in [0.15, 0.2) is 29.2 Å². The molecule has 1 atom stereocenters. The summed E-state index contributed by atoms with van der Waals surface area (Å²) in [4.78, 5) is 0.0301. The molecule has 4 nitrogen and oxygen atoms in total. The molecule has 0 spiro atoms. The van der Waals surface area contributed by atoms with Crippen molar-refractivity contribution in [2.24, 2.45) is 0 Å². The van der Waals surface area contributed by atoms with E-state index in [9.17, 15) is 21.6 Å². The second kappa shape index (κ2) is 5.94. The molecule has 0 aliphatic carbocycles. The van der Waals surface area contributed by atoms with E-state index in [1.54, 1.807) is 0 Å². The van der Waals surface area contributed by atoms with Gasteiger partial charge in [0.1, 0.15) is 0 Å². The molecular weight excluding hydrogens is 305 g/mol. The molecule has 1 aliphatic heterocycles. The van der Waals surface area contributed by atoms with Gasteiger partial charge in [0.2, 0.25) is 10.0 Å².